The van der Waals surface area contributed by atoms with Crippen LogP contribution in [-0.4, -0.2) is 27.1 Å². The van der Waals surface area contributed by atoms with Crippen molar-refractivity contribution in [2.24, 2.45) is 11.7 Å². The molecule has 1 atom stereocenters. The van der Waals surface area contributed by atoms with Crippen molar-refractivity contribution in [3.8, 4) is 23.2 Å². The average molecular weight is 325 g/mol. The zero-order chi connectivity index (χ0) is 17.7. The third kappa shape index (κ3) is 4.74. The van der Waals surface area contributed by atoms with Crippen LogP contribution < -0.4 is 10.5 Å². The number of pyridine rings is 1. The molecule has 0 aliphatic heterocycles. The molecular weight excluding hydrogens is 302 g/mol. The number of aryl methyl sites for hydroxylation is 1. The fourth-order valence-corrected chi connectivity index (χ4v) is 2.62. The lowest BCUT2D eigenvalue weighted by Crippen LogP contribution is -2.43. The number of nitriles is 1. The van der Waals surface area contributed by atoms with Crippen molar-refractivity contribution in [2.45, 2.75) is 39.7 Å². The first kappa shape index (κ1) is 17.8. The van der Waals surface area contributed by atoms with E-state index in [4.69, 9.17) is 10.5 Å². The van der Waals surface area contributed by atoms with Gasteiger partial charge in [0.1, 0.15) is 18.5 Å². The molecule has 2 aromatic heterocycles. The minimum Gasteiger partial charge on any atom is -0.489 e. The van der Waals surface area contributed by atoms with Crippen molar-refractivity contribution in [1.82, 2.24) is 15.0 Å². The molecule has 24 heavy (non-hydrogen) atoms. The van der Waals surface area contributed by atoms with Gasteiger partial charge in [-0.2, -0.15) is 5.26 Å². The van der Waals surface area contributed by atoms with Gasteiger partial charge in [0, 0.05) is 11.7 Å². The van der Waals surface area contributed by atoms with E-state index >= 15 is 0 Å². The first-order valence-electron chi connectivity index (χ1n) is 7.92. The first-order valence-corrected chi connectivity index (χ1v) is 7.92. The standard InChI is InChI=1S/C18H23N5O/c1-12(2)8-18(4,20)11-24-17-10-22-16(7-14(17)9-19)15-5-6-21-13(3)23-15/h5-7,10,12H,8,11,20H2,1-4H3. The number of nitrogens with two attached hydrogens (primary N) is 1. The van der Waals surface area contributed by atoms with Crippen molar-refractivity contribution in [3.63, 3.8) is 0 Å². The highest BCUT2D eigenvalue weighted by Gasteiger charge is 2.22. The van der Waals surface area contributed by atoms with Gasteiger partial charge in [-0.05, 0) is 38.3 Å². The Bertz CT molecular complexity index is 749. The smallest absolute Gasteiger partial charge is 0.155 e. The maximum absolute atomic E-state index is 9.40. The maximum atomic E-state index is 9.40. The summed E-state index contributed by atoms with van der Waals surface area (Å²) in [6, 6.07) is 5.58. The van der Waals surface area contributed by atoms with Crippen molar-refractivity contribution in [3.05, 3.63) is 35.9 Å². The van der Waals surface area contributed by atoms with Crippen LogP contribution in [0.2, 0.25) is 0 Å². The molecular formula is C18H23N5O. The fraction of sp³-hybridized carbons (Fsp3) is 0.444. The third-order valence-electron chi connectivity index (χ3n) is 3.46. The first-order chi connectivity index (χ1) is 11.3. The minimum absolute atomic E-state index is 0.327. The van der Waals surface area contributed by atoms with Crippen LogP contribution in [0.4, 0.5) is 0 Å². The summed E-state index contributed by atoms with van der Waals surface area (Å²) in [4.78, 5) is 12.7. The third-order valence-corrected chi connectivity index (χ3v) is 3.46. The van der Waals surface area contributed by atoms with Crippen molar-refractivity contribution >= 4 is 0 Å². The number of aromatic nitrogens is 3. The Kier molecular flexibility index (Phi) is 5.47. The molecule has 0 bridgehead atoms. The van der Waals surface area contributed by atoms with E-state index in [1.54, 1.807) is 24.5 Å². The largest absolute Gasteiger partial charge is 0.489 e. The molecule has 1 unspecified atom stereocenters. The minimum atomic E-state index is -0.455. The lowest BCUT2D eigenvalue weighted by atomic mass is 9.93. The molecule has 0 saturated heterocycles. The molecule has 0 radical (unpaired) electrons. The second-order valence-corrected chi connectivity index (χ2v) is 6.71. The second kappa shape index (κ2) is 7.37. The molecule has 0 saturated carbocycles. The van der Waals surface area contributed by atoms with Crippen LogP contribution in [0.5, 0.6) is 5.75 Å². The van der Waals surface area contributed by atoms with E-state index in [9.17, 15) is 5.26 Å². The lowest BCUT2D eigenvalue weighted by molar-refractivity contribution is 0.206. The Balaban J connectivity index is 2.20. The molecule has 2 N–H and O–H groups in total. The second-order valence-electron chi connectivity index (χ2n) is 6.71. The van der Waals surface area contributed by atoms with Crippen LogP contribution in [0.1, 0.15) is 38.6 Å². The Morgan fingerprint density at radius 2 is 2.08 bits per heavy atom. The van der Waals surface area contributed by atoms with Gasteiger partial charge in [-0.25, -0.2) is 9.97 Å². The number of hydrogen-bond acceptors (Lipinski definition) is 6. The van der Waals surface area contributed by atoms with Crippen molar-refractivity contribution < 1.29 is 4.74 Å². The molecule has 6 heteroatoms. The Labute approximate surface area is 142 Å². The topological polar surface area (TPSA) is 97.7 Å². The van der Waals surface area contributed by atoms with Crippen LogP contribution in [0, 0.1) is 24.2 Å². The normalized spacial score (nSPS) is 13.4. The highest BCUT2D eigenvalue weighted by atomic mass is 16.5. The lowest BCUT2D eigenvalue weighted by Gasteiger charge is -2.26. The summed E-state index contributed by atoms with van der Waals surface area (Å²) >= 11 is 0. The Morgan fingerprint density at radius 3 is 2.71 bits per heavy atom. The molecule has 6 nitrogen and oxygen atoms in total. The highest BCUT2D eigenvalue weighted by molar-refractivity contribution is 5.58. The fourth-order valence-electron chi connectivity index (χ4n) is 2.62. The van der Waals surface area contributed by atoms with E-state index in [2.05, 4.69) is 34.9 Å². The summed E-state index contributed by atoms with van der Waals surface area (Å²) in [5, 5.41) is 9.40. The van der Waals surface area contributed by atoms with Gasteiger partial charge in [0.05, 0.1) is 23.1 Å². The monoisotopic (exact) mass is 325 g/mol. The molecule has 0 aromatic carbocycles. The predicted molar refractivity (Wildman–Crippen MR) is 92.3 cm³/mol. The van der Waals surface area contributed by atoms with Gasteiger partial charge < -0.3 is 10.5 Å². The van der Waals surface area contributed by atoms with Gasteiger partial charge in [-0.15, -0.1) is 0 Å². The van der Waals surface area contributed by atoms with E-state index in [1.165, 1.54) is 0 Å². The summed E-state index contributed by atoms with van der Waals surface area (Å²) in [7, 11) is 0. The van der Waals surface area contributed by atoms with Crippen LogP contribution in [0.15, 0.2) is 24.5 Å². The summed E-state index contributed by atoms with van der Waals surface area (Å²) in [5.74, 6) is 1.56. The SMILES string of the molecule is Cc1nccc(-c2cc(C#N)c(OCC(C)(N)CC(C)C)cn2)n1. The van der Waals surface area contributed by atoms with E-state index in [-0.39, 0.29) is 0 Å². The molecule has 126 valence electrons. The average Bonchev–Trinajstić information content (AvgIpc) is 2.51. The zero-order valence-corrected chi connectivity index (χ0v) is 14.6. The summed E-state index contributed by atoms with van der Waals surface area (Å²) in [6.45, 7) is 8.32. The zero-order valence-electron chi connectivity index (χ0n) is 14.6. The van der Waals surface area contributed by atoms with Gasteiger partial charge in [0.25, 0.3) is 0 Å². The molecule has 0 amide bonds. The van der Waals surface area contributed by atoms with Crippen molar-refractivity contribution in [1.29, 1.82) is 5.26 Å². The van der Waals surface area contributed by atoms with Crippen LogP contribution in [-0.2, 0) is 0 Å². The molecule has 0 fully saturated rings. The van der Waals surface area contributed by atoms with Crippen LogP contribution in [0.25, 0.3) is 11.4 Å². The van der Waals surface area contributed by atoms with E-state index in [1.807, 2.05) is 13.8 Å². The van der Waals surface area contributed by atoms with Crippen LogP contribution >= 0.6 is 0 Å². The molecule has 0 aliphatic carbocycles. The molecule has 0 spiro atoms. The number of rotatable bonds is 6. The van der Waals surface area contributed by atoms with Gasteiger partial charge in [-0.1, -0.05) is 13.8 Å². The predicted octanol–water partition coefficient (Wildman–Crippen LogP) is 2.86. The van der Waals surface area contributed by atoms with Gasteiger partial charge in [0.15, 0.2) is 5.75 Å². The van der Waals surface area contributed by atoms with Gasteiger partial charge in [-0.3, -0.25) is 4.98 Å². The quantitative estimate of drug-likeness (QED) is 0.877. The molecule has 2 aromatic rings. The molecule has 2 rings (SSSR count). The van der Waals surface area contributed by atoms with Gasteiger partial charge >= 0.3 is 0 Å². The Morgan fingerprint density at radius 1 is 1.33 bits per heavy atom. The van der Waals surface area contributed by atoms with E-state index in [0.29, 0.717) is 41.1 Å². The Hall–Kier alpha value is -2.52. The summed E-state index contributed by atoms with van der Waals surface area (Å²) in [6.07, 6.45) is 4.05. The molecule has 0 aliphatic rings. The molecule has 2 heterocycles. The number of ether oxygens (including phenoxy) is 1. The highest BCUT2D eigenvalue weighted by Crippen LogP contribution is 2.24. The van der Waals surface area contributed by atoms with Crippen LogP contribution in [0.3, 0.4) is 0 Å². The summed E-state index contributed by atoms with van der Waals surface area (Å²) < 4.78 is 5.77. The number of hydrogen-bond donors (Lipinski definition) is 1. The van der Waals surface area contributed by atoms with E-state index in [0.717, 1.165) is 6.42 Å². The van der Waals surface area contributed by atoms with E-state index < -0.39 is 5.54 Å². The number of nitrogens with zero attached hydrogens (tertiary/aromatic N) is 4. The van der Waals surface area contributed by atoms with Crippen molar-refractivity contribution in [2.75, 3.05) is 6.61 Å². The maximum Gasteiger partial charge on any atom is 0.155 e. The summed E-state index contributed by atoms with van der Waals surface area (Å²) in [5.41, 5.74) is 7.50. The van der Waals surface area contributed by atoms with Gasteiger partial charge in [0.2, 0.25) is 0 Å².